The molecular weight excluding hydrogens is 316 g/mol. The van der Waals surface area contributed by atoms with Crippen LogP contribution in [-0.2, 0) is 6.42 Å². The fourth-order valence-corrected chi connectivity index (χ4v) is 2.38. The summed E-state index contributed by atoms with van der Waals surface area (Å²) in [5.41, 5.74) is 0.745. The van der Waals surface area contributed by atoms with Gasteiger partial charge in [0, 0.05) is 0 Å². The molecule has 2 rings (SSSR count). The first-order valence-corrected chi connectivity index (χ1v) is 7.02. The Bertz CT molecular complexity index is 557. The summed E-state index contributed by atoms with van der Waals surface area (Å²) in [4.78, 5) is 16.7. The van der Waals surface area contributed by atoms with Crippen molar-refractivity contribution in [2.45, 2.75) is 19.8 Å². The summed E-state index contributed by atoms with van der Waals surface area (Å²) in [6.45, 7) is 2.04. The summed E-state index contributed by atoms with van der Waals surface area (Å²) in [7, 11) is 0. The zero-order chi connectivity index (χ0) is 13.0. The zero-order valence-corrected chi connectivity index (χ0v) is 12.1. The van der Waals surface area contributed by atoms with Gasteiger partial charge in [-0.15, -0.1) is 5.10 Å². The number of aromatic nitrogens is 3. The molecule has 0 atom stereocenters. The Morgan fingerprint density at radius 3 is 3.06 bits per heavy atom. The van der Waals surface area contributed by atoms with Crippen molar-refractivity contribution < 1.29 is 4.79 Å². The van der Waals surface area contributed by atoms with Crippen LogP contribution in [-0.4, -0.2) is 20.5 Å². The number of carbonyl (C=O) groups excluding carboxylic acids is 1. The second-order valence-corrected chi connectivity index (χ2v) is 5.17. The quantitative estimate of drug-likeness (QED) is 0.877. The van der Waals surface area contributed by atoms with Crippen molar-refractivity contribution in [2.24, 2.45) is 0 Å². The third kappa shape index (κ3) is 3.11. The van der Waals surface area contributed by atoms with Gasteiger partial charge in [-0.25, -0.2) is 4.98 Å². The van der Waals surface area contributed by atoms with Gasteiger partial charge in [-0.3, -0.25) is 4.79 Å². The van der Waals surface area contributed by atoms with E-state index < -0.39 is 0 Å². The Kier molecular flexibility index (Phi) is 4.38. The fraction of sp³-hybridized carbons (Fsp3) is 0.273. The minimum atomic E-state index is -0.209. The molecule has 0 saturated heterocycles. The number of aryl methyl sites for hydroxylation is 1. The molecule has 0 aliphatic heterocycles. The summed E-state index contributed by atoms with van der Waals surface area (Å²) in [6.07, 6.45) is 1.69. The van der Waals surface area contributed by atoms with Gasteiger partial charge in [0.1, 0.15) is 15.3 Å². The van der Waals surface area contributed by atoms with Crippen LogP contribution in [0, 0.1) is 0 Å². The predicted molar refractivity (Wildman–Crippen MR) is 73.8 cm³/mol. The molecule has 0 fully saturated rings. The maximum absolute atomic E-state index is 12.0. The van der Waals surface area contributed by atoms with E-state index in [1.54, 1.807) is 12.1 Å². The standard InChI is InChI=1S/C11H11BrN4OS/c1-2-4-7-10(18-16-15-7)11(17)14-9-6-3-5-8(12)13-9/h3,5-6H,2,4H2,1H3,(H,13,14,17). The Hall–Kier alpha value is -1.34. The van der Waals surface area contributed by atoms with Crippen LogP contribution in [0.4, 0.5) is 5.82 Å². The van der Waals surface area contributed by atoms with Crippen LogP contribution < -0.4 is 5.32 Å². The first-order chi connectivity index (χ1) is 8.70. The largest absolute Gasteiger partial charge is 0.306 e. The molecule has 7 heteroatoms. The van der Waals surface area contributed by atoms with Gasteiger partial charge in [0.05, 0.1) is 5.69 Å². The fourth-order valence-electron chi connectivity index (χ4n) is 1.43. The van der Waals surface area contributed by atoms with E-state index in [9.17, 15) is 4.79 Å². The molecule has 1 amide bonds. The number of pyridine rings is 1. The SMILES string of the molecule is CCCc1nnsc1C(=O)Nc1cccc(Br)n1. The number of hydrogen-bond donors (Lipinski definition) is 1. The highest BCUT2D eigenvalue weighted by atomic mass is 79.9. The van der Waals surface area contributed by atoms with Gasteiger partial charge in [-0.2, -0.15) is 0 Å². The van der Waals surface area contributed by atoms with Crippen molar-refractivity contribution in [3.63, 3.8) is 0 Å². The Balaban J connectivity index is 2.14. The molecule has 18 heavy (non-hydrogen) atoms. The minimum Gasteiger partial charge on any atom is -0.306 e. The number of nitrogens with zero attached hydrogens (tertiary/aromatic N) is 3. The van der Waals surface area contributed by atoms with Crippen LogP contribution in [0.5, 0.6) is 0 Å². The average Bonchev–Trinajstić information content (AvgIpc) is 2.78. The summed E-state index contributed by atoms with van der Waals surface area (Å²) in [5.74, 6) is 0.296. The lowest BCUT2D eigenvalue weighted by Gasteiger charge is -2.03. The van der Waals surface area contributed by atoms with Crippen LogP contribution in [0.1, 0.15) is 28.7 Å². The van der Waals surface area contributed by atoms with Gasteiger partial charge in [-0.1, -0.05) is 23.9 Å². The molecule has 0 spiro atoms. The molecule has 0 aliphatic rings. The van der Waals surface area contributed by atoms with Gasteiger partial charge in [0.15, 0.2) is 0 Å². The van der Waals surface area contributed by atoms with Crippen molar-refractivity contribution in [2.75, 3.05) is 5.32 Å². The van der Waals surface area contributed by atoms with E-state index in [0.717, 1.165) is 30.1 Å². The Morgan fingerprint density at radius 1 is 1.50 bits per heavy atom. The van der Waals surface area contributed by atoms with Gasteiger partial charge < -0.3 is 5.32 Å². The Labute approximate surface area is 117 Å². The van der Waals surface area contributed by atoms with Gasteiger partial charge in [-0.05, 0) is 46.0 Å². The van der Waals surface area contributed by atoms with Crippen molar-refractivity contribution in [3.05, 3.63) is 33.4 Å². The normalized spacial score (nSPS) is 10.3. The number of rotatable bonds is 4. The maximum Gasteiger partial charge on any atom is 0.270 e. The second kappa shape index (κ2) is 6.01. The van der Waals surface area contributed by atoms with E-state index >= 15 is 0 Å². The van der Waals surface area contributed by atoms with Crippen molar-refractivity contribution in [3.8, 4) is 0 Å². The molecule has 2 aromatic heterocycles. The lowest BCUT2D eigenvalue weighted by atomic mass is 10.2. The number of halogens is 1. The molecule has 5 nitrogen and oxygen atoms in total. The molecule has 2 aromatic rings. The molecule has 0 aliphatic carbocycles. The maximum atomic E-state index is 12.0. The predicted octanol–water partition coefficient (Wildman–Crippen LogP) is 2.90. The lowest BCUT2D eigenvalue weighted by molar-refractivity contribution is 0.102. The van der Waals surface area contributed by atoms with Crippen LogP contribution in [0.25, 0.3) is 0 Å². The van der Waals surface area contributed by atoms with Crippen LogP contribution >= 0.6 is 27.5 Å². The highest BCUT2D eigenvalue weighted by molar-refractivity contribution is 9.10. The number of carbonyl (C=O) groups is 1. The highest BCUT2D eigenvalue weighted by Crippen LogP contribution is 2.16. The highest BCUT2D eigenvalue weighted by Gasteiger charge is 2.16. The van der Waals surface area contributed by atoms with Crippen molar-refractivity contribution in [1.29, 1.82) is 0 Å². The molecular formula is C11H11BrN4OS. The molecule has 0 aromatic carbocycles. The molecule has 1 N–H and O–H groups in total. The summed E-state index contributed by atoms with van der Waals surface area (Å²) < 4.78 is 4.50. The van der Waals surface area contributed by atoms with E-state index in [1.807, 2.05) is 13.0 Å². The van der Waals surface area contributed by atoms with Gasteiger partial charge >= 0.3 is 0 Å². The van der Waals surface area contributed by atoms with Crippen LogP contribution in [0.3, 0.4) is 0 Å². The van der Waals surface area contributed by atoms with Gasteiger partial charge in [0.2, 0.25) is 0 Å². The van der Waals surface area contributed by atoms with E-state index in [-0.39, 0.29) is 5.91 Å². The van der Waals surface area contributed by atoms with E-state index in [0.29, 0.717) is 15.3 Å². The average molecular weight is 327 g/mol. The summed E-state index contributed by atoms with van der Waals surface area (Å²) >= 11 is 4.36. The lowest BCUT2D eigenvalue weighted by Crippen LogP contribution is -2.13. The first-order valence-electron chi connectivity index (χ1n) is 5.46. The van der Waals surface area contributed by atoms with E-state index in [1.165, 1.54) is 0 Å². The minimum absolute atomic E-state index is 0.209. The van der Waals surface area contributed by atoms with Crippen molar-refractivity contribution >= 4 is 39.2 Å². The molecule has 0 radical (unpaired) electrons. The number of nitrogens with one attached hydrogen (secondary N) is 1. The molecule has 0 saturated carbocycles. The van der Waals surface area contributed by atoms with E-state index in [4.69, 9.17) is 0 Å². The second-order valence-electron chi connectivity index (χ2n) is 3.60. The third-order valence-corrected chi connectivity index (χ3v) is 3.41. The molecule has 94 valence electrons. The molecule has 0 bridgehead atoms. The van der Waals surface area contributed by atoms with Gasteiger partial charge in [0.25, 0.3) is 5.91 Å². The Morgan fingerprint density at radius 2 is 2.33 bits per heavy atom. The van der Waals surface area contributed by atoms with E-state index in [2.05, 4.69) is 35.8 Å². The monoisotopic (exact) mass is 326 g/mol. The molecule has 0 unspecified atom stereocenters. The number of amides is 1. The number of hydrogen-bond acceptors (Lipinski definition) is 5. The smallest absolute Gasteiger partial charge is 0.270 e. The number of anilines is 1. The molecule has 2 heterocycles. The van der Waals surface area contributed by atoms with Crippen LogP contribution in [0.15, 0.2) is 22.8 Å². The van der Waals surface area contributed by atoms with Crippen molar-refractivity contribution in [1.82, 2.24) is 14.6 Å². The first kappa shape index (κ1) is 13.1. The third-order valence-electron chi connectivity index (χ3n) is 2.21. The topological polar surface area (TPSA) is 67.8 Å². The zero-order valence-electron chi connectivity index (χ0n) is 9.68. The summed E-state index contributed by atoms with van der Waals surface area (Å²) in [6, 6.07) is 5.34. The van der Waals surface area contributed by atoms with Crippen LogP contribution in [0.2, 0.25) is 0 Å². The summed E-state index contributed by atoms with van der Waals surface area (Å²) in [5, 5.41) is 6.70.